The molecule has 7 heteroatoms. The highest BCUT2D eigenvalue weighted by Gasteiger charge is 2.23. The summed E-state index contributed by atoms with van der Waals surface area (Å²) in [7, 11) is 0. The molecular formula is C23H18N4O2S. The molecule has 1 aliphatic rings. The lowest BCUT2D eigenvalue weighted by molar-refractivity contribution is 0.266. The van der Waals surface area contributed by atoms with E-state index in [0.29, 0.717) is 16.7 Å². The lowest BCUT2D eigenvalue weighted by Crippen LogP contribution is -2.23. The second kappa shape index (κ2) is 8.42. The van der Waals surface area contributed by atoms with Crippen LogP contribution in [0.15, 0.2) is 88.6 Å². The topological polar surface area (TPSA) is 73.1 Å². The molecule has 0 unspecified atom stereocenters. The van der Waals surface area contributed by atoms with Gasteiger partial charge in [0.2, 0.25) is 11.0 Å². The third-order valence-electron chi connectivity index (χ3n) is 4.54. The molecule has 6 nitrogen and oxygen atoms in total. The van der Waals surface area contributed by atoms with Gasteiger partial charge in [0.1, 0.15) is 5.76 Å². The summed E-state index contributed by atoms with van der Waals surface area (Å²) in [4.78, 5) is 4.65. The summed E-state index contributed by atoms with van der Waals surface area (Å²) in [5.74, 6) is 1.96. The predicted molar refractivity (Wildman–Crippen MR) is 117 cm³/mol. The van der Waals surface area contributed by atoms with E-state index in [4.69, 9.17) is 9.15 Å². The zero-order chi connectivity index (χ0) is 20.2. The molecule has 1 N–H and O–H groups in total. The maximum absolute atomic E-state index is 6.16. The van der Waals surface area contributed by atoms with Gasteiger partial charge in [0.25, 0.3) is 0 Å². The van der Waals surface area contributed by atoms with E-state index < -0.39 is 6.23 Å². The first kappa shape index (κ1) is 18.4. The molecule has 2 aromatic heterocycles. The van der Waals surface area contributed by atoms with Crippen LogP contribution in [-0.4, -0.2) is 21.4 Å². The Morgan fingerprint density at radius 3 is 2.70 bits per heavy atom. The van der Waals surface area contributed by atoms with E-state index in [9.17, 15) is 0 Å². The quantitative estimate of drug-likeness (QED) is 0.446. The third-order valence-corrected chi connectivity index (χ3v) is 5.45. The monoisotopic (exact) mass is 414 g/mol. The van der Waals surface area contributed by atoms with E-state index in [1.165, 1.54) is 17.3 Å². The number of thioether (sulfide) groups is 1. The van der Waals surface area contributed by atoms with Crippen molar-refractivity contribution in [3.05, 3.63) is 90.4 Å². The van der Waals surface area contributed by atoms with Gasteiger partial charge < -0.3 is 14.5 Å². The molecule has 0 amide bonds. The van der Waals surface area contributed by atoms with Crippen LogP contribution in [-0.2, 0) is 5.75 Å². The number of nitrogens with zero attached hydrogens (tertiary/aromatic N) is 3. The molecule has 4 aromatic rings. The van der Waals surface area contributed by atoms with Crippen LogP contribution in [0.2, 0.25) is 0 Å². The van der Waals surface area contributed by atoms with Gasteiger partial charge in [-0.15, -0.1) is 10.2 Å². The summed E-state index contributed by atoms with van der Waals surface area (Å²) < 4.78 is 11.5. The molecule has 0 saturated heterocycles. The zero-order valence-electron chi connectivity index (χ0n) is 15.9. The summed E-state index contributed by atoms with van der Waals surface area (Å²) in [6.45, 7) is 0. The normalized spacial score (nSPS) is 15.0. The van der Waals surface area contributed by atoms with Crippen molar-refractivity contribution in [1.29, 1.82) is 0 Å². The van der Waals surface area contributed by atoms with Gasteiger partial charge in [0.05, 0.1) is 6.26 Å². The first-order chi connectivity index (χ1) is 14.8. The van der Waals surface area contributed by atoms with Crippen molar-refractivity contribution in [3.63, 3.8) is 0 Å². The number of furan rings is 1. The van der Waals surface area contributed by atoms with Crippen LogP contribution in [0.1, 0.15) is 11.3 Å². The average Bonchev–Trinajstić information content (AvgIpc) is 3.26. The summed E-state index contributed by atoms with van der Waals surface area (Å²) in [6.07, 6.45) is 4.97. The van der Waals surface area contributed by atoms with E-state index in [2.05, 4.69) is 32.6 Å². The Labute approximate surface area is 178 Å². The van der Waals surface area contributed by atoms with Crippen LogP contribution in [0.25, 0.3) is 17.3 Å². The van der Waals surface area contributed by atoms with Crippen LogP contribution in [0.5, 0.6) is 5.88 Å². The molecule has 0 radical (unpaired) electrons. The molecule has 0 fully saturated rings. The summed E-state index contributed by atoms with van der Waals surface area (Å²) in [5.41, 5.74) is 3.64. The third kappa shape index (κ3) is 4.06. The van der Waals surface area contributed by atoms with Crippen molar-refractivity contribution >= 4 is 23.5 Å². The van der Waals surface area contributed by atoms with Gasteiger partial charge in [-0.2, -0.15) is 4.98 Å². The minimum atomic E-state index is -0.429. The number of fused-ring (bicyclic) bond motifs is 3. The van der Waals surface area contributed by atoms with E-state index in [0.717, 1.165) is 22.8 Å². The second-order valence-corrected chi connectivity index (χ2v) is 7.57. The largest absolute Gasteiger partial charge is 0.465 e. The van der Waals surface area contributed by atoms with Crippen molar-refractivity contribution in [2.45, 2.75) is 17.1 Å². The number of nitrogens with one attached hydrogen (secondary N) is 1. The summed E-state index contributed by atoms with van der Waals surface area (Å²) in [6, 6.07) is 21.8. The molecule has 5 rings (SSSR count). The van der Waals surface area contributed by atoms with Gasteiger partial charge in [-0.1, -0.05) is 60.3 Å². The Bertz CT molecular complexity index is 1160. The number of aromatic nitrogens is 3. The number of anilines is 1. The van der Waals surface area contributed by atoms with Gasteiger partial charge in [-0.05, 0) is 35.9 Å². The smallest absolute Gasteiger partial charge is 0.247 e. The highest BCUT2D eigenvalue weighted by molar-refractivity contribution is 7.98. The number of hydrogen-bond donors (Lipinski definition) is 1. The van der Waals surface area contributed by atoms with Crippen molar-refractivity contribution < 1.29 is 9.15 Å². The van der Waals surface area contributed by atoms with Crippen LogP contribution < -0.4 is 10.1 Å². The zero-order valence-corrected chi connectivity index (χ0v) is 16.8. The maximum atomic E-state index is 6.16. The fourth-order valence-electron chi connectivity index (χ4n) is 3.11. The summed E-state index contributed by atoms with van der Waals surface area (Å²) >= 11 is 1.53. The Morgan fingerprint density at radius 2 is 1.83 bits per heavy atom. The highest BCUT2D eigenvalue weighted by atomic mass is 32.2. The van der Waals surface area contributed by atoms with Crippen LogP contribution in [0, 0.1) is 0 Å². The van der Waals surface area contributed by atoms with E-state index in [1.54, 1.807) is 6.26 Å². The average molecular weight is 414 g/mol. The number of hydrogen-bond acceptors (Lipinski definition) is 7. The van der Waals surface area contributed by atoms with Gasteiger partial charge >= 0.3 is 0 Å². The molecule has 1 aliphatic heterocycles. The summed E-state index contributed by atoms with van der Waals surface area (Å²) in [5, 5.41) is 12.7. The van der Waals surface area contributed by atoms with Crippen molar-refractivity contribution in [3.8, 4) is 17.1 Å². The molecule has 0 spiro atoms. The Morgan fingerprint density at radius 1 is 0.967 bits per heavy atom. The van der Waals surface area contributed by atoms with E-state index in [-0.39, 0.29) is 0 Å². The van der Waals surface area contributed by atoms with E-state index >= 15 is 0 Å². The Hall–Kier alpha value is -3.58. The lowest BCUT2D eigenvalue weighted by atomic mass is 10.1. The van der Waals surface area contributed by atoms with Crippen molar-refractivity contribution in [1.82, 2.24) is 15.2 Å². The molecule has 0 saturated carbocycles. The number of benzene rings is 2. The molecule has 3 heterocycles. The second-order valence-electron chi connectivity index (χ2n) is 6.63. The van der Waals surface area contributed by atoms with Gasteiger partial charge in [-0.25, -0.2) is 0 Å². The van der Waals surface area contributed by atoms with Gasteiger partial charge in [0.15, 0.2) is 11.9 Å². The minimum absolute atomic E-state index is 0.429. The molecule has 1 atom stereocenters. The van der Waals surface area contributed by atoms with E-state index in [1.807, 2.05) is 66.7 Å². The maximum Gasteiger partial charge on any atom is 0.247 e. The molecule has 2 aromatic carbocycles. The fraction of sp³-hybridized carbons (Fsp3) is 0.0870. The van der Waals surface area contributed by atoms with Gasteiger partial charge in [-0.3, -0.25) is 0 Å². The highest BCUT2D eigenvalue weighted by Crippen LogP contribution is 2.36. The first-order valence-electron chi connectivity index (χ1n) is 9.51. The molecular weight excluding hydrogens is 396 g/mol. The molecule has 30 heavy (non-hydrogen) atoms. The SMILES string of the molecule is C(=C\[C@H]1Nc2ccccc2-c2nnc(SCc3ccccc3)nc2O1)/c1ccco1. The Kier molecular flexibility index (Phi) is 5.18. The standard InChI is InChI=1S/C23H18N4O2S/c1-2-7-16(8-3-1)15-30-23-25-22-21(26-27-23)18-10-4-5-11-19(18)24-20(29-22)13-12-17-9-6-14-28-17/h1-14,20,24H,15H2/b13-12+/t20-/m0/s1. The van der Waals surface area contributed by atoms with Crippen LogP contribution in [0.4, 0.5) is 5.69 Å². The van der Waals surface area contributed by atoms with Crippen LogP contribution in [0.3, 0.4) is 0 Å². The first-order valence-corrected chi connectivity index (χ1v) is 10.5. The Balaban J connectivity index is 1.44. The van der Waals surface area contributed by atoms with Gasteiger partial charge in [0, 0.05) is 17.0 Å². The number of ether oxygens (including phenoxy) is 1. The van der Waals surface area contributed by atoms with Crippen molar-refractivity contribution in [2.24, 2.45) is 0 Å². The number of rotatable bonds is 5. The fourth-order valence-corrected chi connectivity index (χ4v) is 3.84. The molecule has 0 bridgehead atoms. The number of para-hydroxylation sites is 1. The minimum Gasteiger partial charge on any atom is -0.465 e. The van der Waals surface area contributed by atoms with Crippen LogP contribution >= 0.6 is 11.8 Å². The van der Waals surface area contributed by atoms with Crippen molar-refractivity contribution in [2.75, 3.05) is 5.32 Å². The lowest BCUT2D eigenvalue weighted by Gasteiger charge is -2.15. The molecule has 0 aliphatic carbocycles. The molecule has 148 valence electrons. The predicted octanol–water partition coefficient (Wildman–Crippen LogP) is 5.27.